The van der Waals surface area contributed by atoms with E-state index >= 15 is 0 Å². The van der Waals surface area contributed by atoms with E-state index in [0.29, 0.717) is 5.57 Å². The van der Waals surface area contributed by atoms with Gasteiger partial charge in [0.15, 0.2) is 0 Å². The van der Waals surface area contributed by atoms with E-state index in [0.717, 1.165) is 18.4 Å². The van der Waals surface area contributed by atoms with Gasteiger partial charge in [-0.2, -0.15) is 0 Å². The molecule has 0 aliphatic carbocycles. The highest BCUT2D eigenvalue weighted by Crippen LogP contribution is 2.13. The number of hydrogen-bond acceptors (Lipinski definition) is 2. The summed E-state index contributed by atoms with van der Waals surface area (Å²) in [5, 5.41) is 0. The van der Waals surface area contributed by atoms with E-state index in [-0.39, 0.29) is 11.9 Å². The van der Waals surface area contributed by atoms with Crippen LogP contribution in [0.25, 0.3) is 0 Å². The Hall–Kier alpha value is -0.830. The van der Waals surface area contributed by atoms with Crippen LogP contribution < -0.4 is 11.5 Å². The van der Waals surface area contributed by atoms with Crippen molar-refractivity contribution in [3.63, 3.8) is 0 Å². The molecule has 0 saturated carbocycles. The van der Waals surface area contributed by atoms with E-state index in [1.165, 1.54) is 0 Å². The van der Waals surface area contributed by atoms with Crippen molar-refractivity contribution in [3.05, 3.63) is 11.1 Å². The minimum Gasteiger partial charge on any atom is -0.366 e. The second-order valence-electron chi connectivity index (χ2n) is 2.88. The highest BCUT2D eigenvalue weighted by molar-refractivity contribution is 5.92. The first-order valence-electron chi connectivity index (χ1n) is 4.29. The molecule has 1 unspecified atom stereocenters. The molecule has 12 heavy (non-hydrogen) atoms. The van der Waals surface area contributed by atoms with Gasteiger partial charge in [0.1, 0.15) is 0 Å². The van der Waals surface area contributed by atoms with Gasteiger partial charge in [-0.05, 0) is 25.3 Å². The highest BCUT2D eigenvalue weighted by atomic mass is 16.1. The lowest BCUT2D eigenvalue weighted by Gasteiger charge is -2.14. The van der Waals surface area contributed by atoms with Crippen LogP contribution in [-0.4, -0.2) is 11.9 Å². The molecule has 4 N–H and O–H groups in total. The summed E-state index contributed by atoms with van der Waals surface area (Å²) < 4.78 is 0. The van der Waals surface area contributed by atoms with Crippen molar-refractivity contribution in [2.75, 3.05) is 0 Å². The van der Waals surface area contributed by atoms with E-state index in [9.17, 15) is 4.79 Å². The lowest BCUT2D eigenvalue weighted by atomic mass is 9.97. The van der Waals surface area contributed by atoms with Gasteiger partial charge in [0.05, 0.1) is 0 Å². The first-order chi connectivity index (χ1) is 5.54. The highest BCUT2D eigenvalue weighted by Gasteiger charge is 2.11. The van der Waals surface area contributed by atoms with Gasteiger partial charge in [0.2, 0.25) is 5.91 Å². The van der Waals surface area contributed by atoms with Gasteiger partial charge in [-0.1, -0.05) is 13.8 Å². The number of nitrogens with two attached hydrogens (primary N) is 2. The molecule has 0 aliphatic rings. The van der Waals surface area contributed by atoms with Gasteiger partial charge >= 0.3 is 0 Å². The van der Waals surface area contributed by atoms with Crippen LogP contribution in [0.15, 0.2) is 11.1 Å². The summed E-state index contributed by atoms with van der Waals surface area (Å²) in [4.78, 5) is 10.8. The topological polar surface area (TPSA) is 69.1 Å². The van der Waals surface area contributed by atoms with Crippen LogP contribution in [0.4, 0.5) is 0 Å². The van der Waals surface area contributed by atoms with Gasteiger partial charge in [0, 0.05) is 11.6 Å². The van der Waals surface area contributed by atoms with Crippen LogP contribution in [0.5, 0.6) is 0 Å². The zero-order valence-corrected chi connectivity index (χ0v) is 8.05. The summed E-state index contributed by atoms with van der Waals surface area (Å²) in [6.45, 7) is 5.71. The standard InChI is InChI=1S/C9H18N2O/c1-4-7(8(10)5-2)6(3)9(11)12/h8H,4-5,10H2,1-3H3,(H2,11,12)/b7-6-. The van der Waals surface area contributed by atoms with Crippen molar-refractivity contribution in [1.82, 2.24) is 0 Å². The molecule has 0 heterocycles. The van der Waals surface area contributed by atoms with E-state index < -0.39 is 0 Å². The number of amides is 1. The first-order valence-corrected chi connectivity index (χ1v) is 4.29. The first kappa shape index (κ1) is 11.2. The zero-order valence-electron chi connectivity index (χ0n) is 8.05. The van der Waals surface area contributed by atoms with E-state index in [4.69, 9.17) is 11.5 Å². The fourth-order valence-corrected chi connectivity index (χ4v) is 1.21. The Morgan fingerprint density at radius 1 is 1.42 bits per heavy atom. The number of primary amides is 1. The zero-order chi connectivity index (χ0) is 9.72. The maximum absolute atomic E-state index is 10.8. The molecule has 70 valence electrons. The van der Waals surface area contributed by atoms with E-state index in [2.05, 4.69) is 0 Å². The summed E-state index contributed by atoms with van der Waals surface area (Å²) in [6.07, 6.45) is 1.64. The summed E-state index contributed by atoms with van der Waals surface area (Å²) in [5.41, 5.74) is 12.5. The minimum absolute atomic E-state index is 0.0255. The van der Waals surface area contributed by atoms with Crippen molar-refractivity contribution in [3.8, 4) is 0 Å². The molecule has 0 aromatic rings. The molecule has 0 spiro atoms. The maximum atomic E-state index is 10.8. The minimum atomic E-state index is -0.365. The molecule has 3 nitrogen and oxygen atoms in total. The van der Waals surface area contributed by atoms with Crippen LogP contribution in [-0.2, 0) is 4.79 Å². The molecule has 1 atom stereocenters. The Morgan fingerprint density at radius 2 is 1.92 bits per heavy atom. The Kier molecular flexibility index (Phi) is 4.59. The molecule has 0 saturated heterocycles. The Bertz CT molecular complexity index is 197. The van der Waals surface area contributed by atoms with Crippen molar-refractivity contribution < 1.29 is 4.79 Å². The second kappa shape index (κ2) is 4.93. The molecular weight excluding hydrogens is 152 g/mol. The summed E-state index contributed by atoms with van der Waals surface area (Å²) in [6, 6.07) is -0.0255. The van der Waals surface area contributed by atoms with Crippen LogP contribution in [0.3, 0.4) is 0 Å². The largest absolute Gasteiger partial charge is 0.366 e. The van der Waals surface area contributed by atoms with Crippen molar-refractivity contribution in [1.29, 1.82) is 0 Å². The van der Waals surface area contributed by atoms with Crippen molar-refractivity contribution in [2.24, 2.45) is 11.5 Å². The fourth-order valence-electron chi connectivity index (χ4n) is 1.21. The second-order valence-corrected chi connectivity index (χ2v) is 2.88. The number of carbonyl (C=O) groups is 1. The predicted molar refractivity (Wildman–Crippen MR) is 50.5 cm³/mol. The van der Waals surface area contributed by atoms with Crippen LogP contribution >= 0.6 is 0 Å². The SMILES string of the molecule is CC/C(=C(\C)C(N)=O)C(N)CC. The van der Waals surface area contributed by atoms with Crippen LogP contribution in [0.1, 0.15) is 33.6 Å². The molecule has 0 aromatic carbocycles. The normalized spacial score (nSPS) is 15.3. The molecule has 0 bridgehead atoms. The monoisotopic (exact) mass is 170 g/mol. The Labute approximate surface area is 73.8 Å². The predicted octanol–water partition coefficient (Wildman–Crippen LogP) is 0.935. The molecular formula is C9H18N2O. The van der Waals surface area contributed by atoms with Gasteiger partial charge in [-0.25, -0.2) is 0 Å². The van der Waals surface area contributed by atoms with E-state index in [1.54, 1.807) is 6.92 Å². The average molecular weight is 170 g/mol. The van der Waals surface area contributed by atoms with Crippen LogP contribution in [0.2, 0.25) is 0 Å². The molecule has 0 rings (SSSR count). The fraction of sp³-hybridized carbons (Fsp3) is 0.667. The smallest absolute Gasteiger partial charge is 0.244 e. The third-order valence-corrected chi connectivity index (χ3v) is 2.12. The molecule has 0 radical (unpaired) electrons. The van der Waals surface area contributed by atoms with Gasteiger partial charge in [0.25, 0.3) is 0 Å². The third kappa shape index (κ3) is 2.66. The third-order valence-electron chi connectivity index (χ3n) is 2.12. The summed E-state index contributed by atoms with van der Waals surface area (Å²) >= 11 is 0. The molecule has 0 aliphatic heterocycles. The maximum Gasteiger partial charge on any atom is 0.244 e. The molecule has 0 aromatic heterocycles. The van der Waals surface area contributed by atoms with Gasteiger partial charge in [-0.15, -0.1) is 0 Å². The molecule has 1 amide bonds. The Morgan fingerprint density at radius 3 is 2.17 bits per heavy atom. The van der Waals surface area contributed by atoms with Gasteiger partial charge in [-0.3, -0.25) is 4.79 Å². The molecule has 3 heteroatoms. The number of carbonyl (C=O) groups excluding carboxylic acids is 1. The number of hydrogen-bond donors (Lipinski definition) is 2. The van der Waals surface area contributed by atoms with Crippen molar-refractivity contribution in [2.45, 2.75) is 39.7 Å². The quantitative estimate of drug-likeness (QED) is 0.616. The average Bonchev–Trinajstić information content (AvgIpc) is 2.05. The van der Waals surface area contributed by atoms with E-state index in [1.807, 2.05) is 13.8 Å². The number of rotatable bonds is 4. The Balaban J connectivity index is 4.72. The van der Waals surface area contributed by atoms with Gasteiger partial charge < -0.3 is 11.5 Å². The molecule has 0 fully saturated rings. The van der Waals surface area contributed by atoms with Crippen molar-refractivity contribution >= 4 is 5.91 Å². The summed E-state index contributed by atoms with van der Waals surface area (Å²) in [7, 11) is 0. The van der Waals surface area contributed by atoms with Crippen LogP contribution in [0, 0.1) is 0 Å². The lowest BCUT2D eigenvalue weighted by molar-refractivity contribution is -0.114. The lowest BCUT2D eigenvalue weighted by Crippen LogP contribution is -2.25. The summed E-state index contributed by atoms with van der Waals surface area (Å²) in [5.74, 6) is -0.365.